The van der Waals surface area contributed by atoms with E-state index in [1.165, 1.54) is 36.4 Å². The van der Waals surface area contributed by atoms with Crippen LogP contribution < -0.4 is 10.6 Å². The van der Waals surface area contributed by atoms with E-state index in [1.54, 1.807) is 22.8 Å². The molecule has 31 heavy (non-hydrogen) atoms. The molecule has 0 atom stereocenters. The summed E-state index contributed by atoms with van der Waals surface area (Å²) in [5.74, 6) is -4.17. The number of carbonyl (C=O) groups excluding carboxylic acids is 2. The quantitative estimate of drug-likeness (QED) is 0.462. The first kappa shape index (κ1) is 24.2. The molecular formula is C20H18F6N2O3. The van der Waals surface area contributed by atoms with Gasteiger partial charge in [0, 0.05) is 11.4 Å². The summed E-state index contributed by atoms with van der Waals surface area (Å²) in [6, 6.07) is 11.9. The summed E-state index contributed by atoms with van der Waals surface area (Å²) in [4.78, 5) is 22.2. The average molecular weight is 448 g/mol. The molecule has 0 fully saturated rings. The molecule has 0 aliphatic heterocycles. The molecule has 0 aliphatic carbocycles. The van der Waals surface area contributed by atoms with Gasteiger partial charge < -0.3 is 15.4 Å². The second-order valence-corrected chi connectivity index (χ2v) is 6.33. The highest BCUT2D eigenvalue weighted by Crippen LogP contribution is 2.23. The van der Waals surface area contributed by atoms with Crippen molar-refractivity contribution in [1.29, 1.82) is 0 Å². The Balaban J connectivity index is 1.88. The van der Waals surface area contributed by atoms with Gasteiger partial charge in [-0.05, 0) is 36.1 Å². The zero-order valence-corrected chi connectivity index (χ0v) is 15.9. The molecule has 0 bridgehead atoms. The molecule has 2 aromatic rings. The molecule has 2 amide bonds. The van der Waals surface area contributed by atoms with Crippen molar-refractivity contribution in [3.8, 4) is 0 Å². The van der Waals surface area contributed by atoms with Crippen molar-refractivity contribution < 1.29 is 40.7 Å². The zero-order chi connectivity index (χ0) is 23.1. The highest BCUT2D eigenvalue weighted by atomic mass is 19.4. The molecule has 0 aliphatic rings. The molecule has 2 N–H and O–H groups in total. The molecule has 168 valence electrons. The molecule has 0 heterocycles. The first-order valence-electron chi connectivity index (χ1n) is 8.98. The summed E-state index contributed by atoms with van der Waals surface area (Å²) in [7, 11) is 0. The molecule has 11 heteroatoms. The normalized spacial score (nSPS) is 11.8. The van der Waals surface area contributed by atoms with E-state index in [0.29, 0.717) is 11.1 Å². The molecule has 2 rings (SSSR count). The number of ether oxygens (including phenoxy) is 1. The van der Waals surface area contributed by atoms with Gasteiger partial charge in [-0.2, -0.15) is 26.3 Å². The van der Waals surface area contributed by atoms with Gasteiger partial charge in [0.05, 0.1) is 13.2 Å². The maximum atomic E-state index is 12.4. The first-order valence-corrected chi connectivity index (χ1v) is 8.98. The van der Waals surface area contributed by atoms with E-state index in [1.807, 2.05) is 0 Å². The van der Waals surface area contributed by atoms with Crippen LogP contribution >= 0.6 is 0 Å². The molecule has 0 radical (unpaired) electrons. The number of alkyl halides is 6. The molecule has 5 nitrogen and oxygen atoms in total. The number of hydrogen-bond donors (Lipinski definition) is 2. The van der Waals surface area contributed by atoms with Gasteiger partial charge in [0.15, 0.2) is 0 Å². The maximum Gasteiger partial charge on any atom is 0.471 e. The van der Waals surface area contributed by atoms with Crippen LogP contribution in [-0.2, 0) is 27.2 Å². The summed E-state index contributed by atoms with van der Waals surface area (Å²) in [6.07, 6.45) is -9.64. The summed E-state index contributed by atoms with van der Waals surface area (Å²) in [5.41, 5.74) is 0.873. The van der Waals surface area contributed by atoms with Crippen molar-refractivity contribution in [2.45, 2.75) is 25.2 Å². The first-order chi connectivity index (χ1) is 14.5. The largest absolute Gasteiger partial charge is 0.471 e. The van der Waals surface area contributed by atoms with Gasteiger partial charge in [-0.15, -0.1) is 0 Å². The summed E-state index contributed by atoms with van der Waals surface area (Å²) in [5, 5.41) is 3.61. The Morgan fingerprint density at radius 3 is 1.39 bits per heavy atom. The Bertz CT molecular complexity index is 839. The van der Waals surface area contributed by atoms with Crippen LogP contribution in [0.15, 0.2) is 48.5 Å². The minimum atomic E-state index is -5.02. The Kier molecular flexibility index (Phi) is 8.03. The number of benzene rings is 2. The van der Waals surface area contributed by atoms with E-state index in [0.717, 1.165) is 0 Å². The predicted octanol–water partition coefficient (Wildman–Crippen LogP) is 4.49. The van der Waals surface area contributed by atoms with Gasteiger partial charge in [-0.25, -0.2) is 0 Å². The number of anilines is 2. The molecule has 0 aromatic heterocycles. The van der Waals surface area contributed by atoms with Gasteiger partial charge in [0.25, 0.3) is 0 Å². The lowest BCUT2D eigenvalue weighted by Gasteiger charge is -2.14. The lowest BCUT2D eigenvalue weighted by Crippen LogP contribution is -2.30. The van der Waals surface area contributed by atoms with Crippen molar-refractivity contribution in [2.75, 3.05) is 23.8 Å². The van der Waals surface area contributed by atoms with Crippen LogP contribution in [0.2, 0.25) is 0 Å². The molecule has 0 saturated carbocycles. The monoisotopic (exact) mass is 448 g/mol. The van der Waals surface area contributed by atoms with Crippen LogP contribution in [-0.4, -0.2) is 37.4 Å². The van der Waals surface area contributed by atoms with Crippen LogP contribution in [0, 0.1) is 0 Å². The molecule has 0 saturated heterocycles. The molecular weight excluding hydrogens is 430 g/mol. The van der Waals surface area contributed by atoms with E-state index < -0.39 is 24.2 Å². The fourth-order valence-corrected chi connectivity index (χ4v) is 2.57. The number of halogens is 6. The Labute approximate surface area is 173 Å². The standard InChI is InChI=1S/C20H18F6N2O3/c21-19(22,23)17(29)27-15-7-3-1-5-13(15)9-11-31-12-10-14-6-2-4-8-16(14)28-18(30)20(24,25)26/h1-8H,9-12H2,(H,27,29)(H,28,30). The van der Waals surface area contributed by atoms with Gasteiger partial charge in [-0.3, -0.25) is 9.59 Å². The van der Waals surface area contributed by atoms with Crippen LogP contribution in [0.25, 0.3) is 0 Å². The van der Waals surface area contributed by atoms with E-state index in [4.69, 9.17) is 4.74 Å². The number of amides is 2. The SMILES string of the molecule is O=C(Nc1ccccc1CCOCCc1ccccc1NC(=O)C(F)(F)F)C(F)(F)F. The predicted molar refractivity (Wildman–Crippen MR) is 100 cm³/mol. The van der Waals surface area contributed by atoms with Crippen molar-refractivity contribution >= 4 is 23.2 Å². The number of rotatable bonds is 8. The number of nitrogens with one attached hydrogen (secondary N) is 2. The minimum absolute atomic E-state index is 0.00799. The minimum Gasteiger partial charge on any atom is -0.381 e. The average Bonchev–Trinajstić information content (AvgIpc) is 2.68. The topological polar surface area (TPSA) is 67.4 Å². The molecule has 0 spiro atoms. The fourth-order valence-electron chi connectivity index (χ4n) is 2.57. The van der Waals surface area contributed by atoms with Crippen molar-refractivity contribution in [3.63, 3.8) is 0 Å². The Hall–Kier alpha value is -3.08. The summed E-state index contributed by atoms with van der Waals surface area (Å²) < 4.78 is 80.0. The third-order valence-corrected chi connectivity index (χ3v) is 4.08. The Morgan fingerprint density at radius 1 is 0.677 bits per heavy atom. The highest BCUT2D eigenvalue weighted by Gasteiger charge is 2.39. The number of para-hydroxylation sites is 2. The van der Waals surface area contributed by atoms with Crippen molar-refractivity contribution in [2.24, 2.45) is 0 Å². The van der Waals surface area contributed by atoms with E-state index in [2.05, 4.69) is 0 Å². The second kappa shape index (κ2) is 10.3. The van der Waals surface area contributed by atoms with Crippen LogP contribution in [0.4, 0.5) is 37.7 Å². The second-order valence-electron chi connectivity index (χ2n) is 6.33. The van der Waals surface area contributed by atoms with Crippen LogP contribution in [0.5, 0.6) is 0 Å². The number of carbonyl (C=O) groups is 2. The van der Waals surface area contributed by atoms with Gasteiger partial charge in [-0.1, -0.05) is 36.4 Å². The van der Waals surface area contributed by atoms with E-state index >= 15 is 0 Å². The number of hydrogen-bond acceptors (Lipinski definition) is 3. The van der Waals surface area contributed by atoms with Crippen molar-refractivity contribution in [1.82, 2.24) is 0 Å². The highest BCUT2D eigenvalue weighted by molar-refractivity contribution is 5.96. The summed E-state index contributed by atoms with van der Waals surface area (Å²) >= 11 is 0. The maximum absolute atomic E-state index is 12.4. The smallest absolute Gasteiger partial charge is 0.381 e. The lowest BCUT2D eigenvalue weighted by atomic mass is 10.1. The van der Waals surface area contributed by atoms with Crippen LogP contribution in [0.1, 0.15) is 11.1 Å². The lowest BCUT2D eigenvalue weighted by molar-refractivity contribution is -0.167. The molecule has 2 aromatic carbocycles. The van der Waals surface area contributed by atoms with Gasteiger partial charge in [0.2, 0.25) is 0 Å². The summed E-state index contributed by atoms with van der Waals surface area (Å²) in [6.45, 7) is 0.186. The third-order valence-electron chi connectivity index (χ3n) is 4.08. The molecule has 0 unspecified atom stereocenters. The third kappa shape index (κ3) is 7.59. The Morgan fingerprint density at radius 2 is 1.03 bits per heavy atom. The van der Waals surface area contributed by atoms with E-state index in [-0.39, 0.29) is 37.4 Å². The van der Waals surface area contributed by atoms with Crippen LogP contribution in [0.3, 0.4) is 0 Å². The van der Waals surface area contributed by atoms with Gasteiger partial charge >= 0.3 is 24.2 Å². The van der Waals surface area contributed by atoms with Gasteiger partial charge in [0.1, 0.15) is 0 Å². The zero-order valence-electron chi connectivity index (χ0n) is 15.9. The van der Waals surface area contributed by atoms with E-state index in [9.17, 15) is 35.9 Å². The van der Waals surface area contributed by atoms with Crippen molar-refractivity contribution in [3.05, 3.63) is 59.7 Å². The fraction of sp³-hybridized carbons (Fsp3) is 0.300.